The first-order chi connectivity index (χ1) is 12.6. The Morgan fingerprint density at radius 2 is 1.85 bits per heavy atom. The molecule has 2 amide bonds. The number of carbonyl (C=O) groups excluding carboxylic acids is 1. The molecule has 4 rings (SSSR count). The third kappa shape index (κ3) is 2.99. The lowest BCUT2D eigenvalue weighted by Crippen LogP contribution is -2.51. The van der Waals surface area contributed by atoms with Gasteiger partial charge in [-0.3, -0.25) is 0 Å². The molecule has 1 aliphatic carbocycles. The predicted molar refractivity (Wildman–Crippen MR) is 96.0 cm³/mol. The van der Waals surface area contributed by atoms with E-state index in [2.05, 4.69) is 22.8 Å². The second kappa shape index (κ2) is 6.38. The minimum absolute atomic E-state index is 0.00403. The van der Waals surface area contributed by atoms with Crippen molar-refractivity contribution >= 4 is 6.03 Å². The van der Waals surface area contributed by atoms with Gasteiger partial charge in [0.15, 0.2) is 17.2 Å². The van der Waals surface area contributed by atoms with Gasteiger partial charge in [0.25, 0.3) is 0 Å². The predicted octanol–water partition coefficient (Wildman–Crippen LogP) is 2.21. The van der Waals surface area contributed by atoms with Gasteiger partial charge in [-0.2, -0.15) is 0 Å². The van der Waals surface area contributed by atoms with E-state index in [1.165, 1.54) is 23.4 Å². The van der Waals surface area contributed by atoms with E-state index in [4.69, 9.17) is 9.47 Å². The van der Waals surface area contributed by atoms with E-state index in [1.807, 2.05) is 12.1 Å². The highest BCUT2D eigenvalue weighted by atomic mass is 16.5. The number of amides is 2. The van der Waals surface area contributed by atoms with Gasteiger partial charge in [-0.25, -0.2) is 4.79 Å². The highest BCUT2D eigenvalue weighted by Crippen LogP contribution is 2.35. The number of rotatable bonds is 4. The standard InChI is InChI=1S/C20H20N2O4/c1-25-17-7-6-15(20(24)8-9-21-19(23)22-20)12-18(17)26-16-10-13-4-2-3-5-14(13)11-16/h2-9,12,16,24H,10-11H2,1H3,(H2,21,22,23). The van der Waals surface area contributed by atoms with E-state index in [0.717, 1.165) is 12.8 Å². The molecule has 6 heteroatoms. The lowest BCUT2D eigenvalue weighted by Gasteiger charge is -2.30. The zero-order valence-corrected chi connectivity index (χ0v) is 14.4. The molecule has 0 saturated carbocycles. The molecule has 2 aromatic rings. The van der Waals surface area contributed by atoms with Crippen LogP contribution < -0.4 is 20.1 Å². The summed E-state index contributed by atoms with van der Waals surface area (Å²) in [6, 6.07) is 13.0. The molecule has 0 aromatic heterocycles. The van der Waals surface area contributed by atoms with Crippen molar-refractivity contribution in [2.75, 3.05) is 7.11 Å². The second-order valence-electron chi connectivity index (χ2n) is 6.48. The minimum Gasteiger partial charge on any atom is -0.493 e. The Balaban J connectivity index is 1.61. The highest BCUT2D eigenvalue weighted by molar-refractivity contribution is 5.77. The number of benzene rings is 2. The topological polar surface area (TPSA) is 79.8 Å². The van der Waals surface area contributed by atoms with Crippen molar-refractivity contribution in [3.8, 4) is 11.5 Å². The normalized spacial score (nSPS) is 21.7. The van der Waals surface area contributed by atoms with Gasteiger partial charge >= 0.3 is 6.03 Å². The van der Waals surface area contributed by atoms with Crippen LogP contribution in [0.25, 0.3) is 0 Å². The zero-order chi connectivity index (χ0) is 18.1. The van der Waals surface area contributed by atoms with E-state index >= 15 is 0 Å². The minimum atomic E-state index is -1.59. The van der Waals surface area contributed by atoms with Crippen molar-refractivity contribution in [1.29, 1.82) is 0 Å². The summed E-state index contributed by atoms with van der Waals surface area (Å²) >= 11 is 0. The molecule has 1 heterocycles. The van der Waals surface area contributed by atoms with Crippen LogP contribution in [-0.2, 0) is 18.6 Å². The average Bonchev–Trinajstić information content (AvgIpc) is 3.04. The van der Waals surface area contributed by atoms with Gasteiger partial charge in [0.2, 0.25) is 0 Å². The second-order valence-corrected chi connectivity index (χ2v) is 6.48. The number of methoxy groups -OCH3 is 1. The molecular weight excluding hydrogens is 332 g/mol. The van der Waals surface area contributed by atoms with Gasteiger partial charge in [0, 0.05) is 24.6 Å². The fourth-order valence-corrected chi connectivity index (χ4v) is 3.44. The average molecular weight is 352 g/mol. The molecule has 0 saturated heterocycles. The first-order valence-corrected chi connectivity index (χ1v) is 8.48. The Bertz CT molecular complexity index is 855. The number of nitrogens with one attached hydrogen (secondary N) is 2. The molecule has 134 valence electrons. The van der Waals surface area contributed by atoms with Crippen molar-refractivity contribution in [2.45, 2.75) is 24.7 Å². The van der Waals surface area contributed by atoms with Crippen molar-refractivity contribution in [1.82, 2.24) is 10.6 Å². The van der Waals surface area contributed by atoms with E-state index in [0.29, 0.717) is 17.1 Å². The van der Waals surface area contributed by atoms with Crippen molar-refractivity contribution < 1.29 is 19.4 Å². The Hall–Kier alpha value is -2.99. The van der Waals surface area contributed by atoms with Crippen LogP contribution in [0.15, 0.2) is 54.7 Å². The van der Waals surface area contributed by atoms with E-state index < -0.39 is 11.8 Å². The van der Waals surface area contributed by atoms with Gasteiger partial charge in [0.1, 0.15) is 6.10 Å². The smallest absolute Gasteiger partial charge is 0.321 e. The Kier molecular flexibility index (Phi) is 4.05. The Morgan fingerprint density at radius 1 is 1.12 bits per heavy atom. The first-order valence-electron chi connectivity index (χ1n) is 8.48. The van der Waals surface area contributed by atoms with Crippen LogP contribution in [0.1, 0.15) is 16.7 Å². The largest absolute Gasteiger partial charge is 0.493 e. The van der Waals surface area contributed by atoms with Crippen LogP contribution in [0.4, 0.5) is 4.79 Å². The summed E-state index contributed by atoms with van der Waals surface area (Å²) in [6.07, 6.45) is 4.55. The Morgan fingerprint density at radius 3 is 2.50 bits per heavy atom. The molecule has 0 bridgehead atoms. The molecule has 26 heavy (non-hydrogen) atoms. The van der Waals surface area contributed by atoms with Crippen LogP contribution in [0.3, 0.4) is 0 Å². The van der Waals surface area contributed by atoms with Crippen LogP contribution in [0.5, 0.6) is 11.5 Å². The third-order valence-electron chi connectivity index (χ3n) is 4.75. The van der Waals surface area contributed by atoms with Crippen molar-refractivity contribution in [2.24, 2.45) is 0 Å². The quantitative estimate of drug-likeness (QED) is 0.788. The summed E-state index contributed by atoms with van der Waals surface area (Å²) in [5.41, 5.74) is 1.49. The van der Waals surface area contributed by atoms with Gasteiger partial charge in [0.05, 0.1) is 7.11 Å². The Labute approximate surface area is 151 Å². The van der Waals surface area contributed by atoms with Crippen LogP contribution >= 0.6 is 0 Å². The molecule has 2 aliphatic rings. The van der Waals surface area contributed by atoms with Gasteiger partial charge in [-0.15, -0.1) is 0 Å². The molecular formula is C20H20N2O4. The number of hydrogen-bond donors (Lipinski definition) is 3. The van der Waals surface area contributed by atoms with E-state index in [-0.39, 0.29) is 6.10 Å². The maximum atomic E-state index is 11.6. The number of hydrogen-bond acceptors (Lipinski definition) is 4. The molecule has 2 aromatic carbocycles. The van der Waals surface area contributed by atoms with E-state index in [1.54, 1.807) is 25.3 Å². The maximum absolute atomic E-state index is 11.6. The lowest BCUT2D eigenvalue weighted by molar-refractivity contribution is 0.0580. The lowest BCUT2D eigenvalue weighted by atomic mass is 10.0. The van der Waals surface area contributed by atoms with E-state index in [9.17, 15) is 9.90 Å². The molecule has 0 radical (unpaired) electrons. The fraction of sp³-hybridized carbons (Fsp3) is 0.250. The number of urea groups is 1. The molecule has 3 N–H and O–H groups in total. The molecule has 1 aliphatic heterocycles. The molecule has 0 fully saturated rings. The van der Waals surface area contributed by atoms with Crippen LogP contribution in [-0.4, -0.2) is 24.4 Å². The van der Waals surface area contributed by atoms with Crippen molar-refractivity contribution in [3.63, 3.8) is 0 Å². The maximum Gasteiger partial charge on any atom is 0.321 e. The van der Waals surface area contributed by atoms with Crippen LogP contribution in [0, 0.1) is 0 Å². The summed E-state index contributed by atoms with van der Waals surface area (Å²) in [4.78, 5) is 11.6. The first kappa shape index (κ1) is 16.5. The molecule has 1 unspecified atom stereocenters. The highest BCUT2D eigenvalue weighted by Gasteiger charge is 2.32. The van der Waals surface area contributed by atoms with Gasteiger partial charge in [-0.1, -0.05) is 24.3 Å². The zero-order valence-electron chi connectivity index (χ0n) is 14.4. The number of aliphatic hydroxyl groups is 1. The van der Waals surface area contributed by atoms with Crippen molar-refractivity contribution in [3.05, 3.63) is 71.4 Å². The van der Waals surface area contributed by atoms with Crippen LogP contribution in [0.2, 0.25) is 0 Å². The number of fused-ring (bicyclic) bond motifs is 1. The van der Waals surface area contributed by atoms with Gasteiger partial charge in [-0.05, 0) is 35.4 Å². The van der Waals surface area contributed by atoms with Gasteiger partial charge < -0.3 is 25.2 Å². The summed E-state index contributed by atoms with van der Waals surface area (Å²) < 4.78 is 11.6. The summed E-state index contributed by atoms with van der Waals surface area (Å²) in [5, 5.41) is 15.7. The molecule has 0 spiro atoms. The number of ether oxygens (including phenoxy) is 2. The fourth-order valence-electron chi connectivity index (χ4n) is 3.44. The molecule has 6 nitrogen and oxygen atoms in total. The monoisotopic (exact) mass is 352 g/mol. The summed E-state index contributed by atoms with van der Waals surface area (Å²) in [5.74, 6) is 1.12. The third-order valence-corrected chi connectivity index (χ3v) is 4.75. The molecule has 1 atom stereocenters. The SMILES string of the molecule is COc1ccc(C2(O)C=CNC(=O)N2)cc1OC1Cc2ccccc2C1. The summed E-state index contributed by atoms with van der Waals surface area (Å²) in [7, 11) is 1.58. The number of carbonyl (C=O) groups is 1. The summed E-state index contributed by atoms with van der Waals surface area (Å²) in [6.45, 7) is 0.